The van der Waals surface area contributed by atoms with Crippen LogP contribution in [0.15, 0.2) is 37.1 Å². The van der Waals surface area contributed by atoms with Crippen molar-refractivity contribution in [2.75, 3.05) is 25.1 Å². The van der Waals surface area contributed by atoms with Gasteiger partial charge in [0.05, 0.1) is 18.8 Å². The van der Waals surface area contributed by atoms with Crippen LogP contribution in [0.5, 0.6) is 5.75 Å². The third-order valence-electron chi connectivity index (χ3n) is 4.83. The third-order valence-corrected chi connectivity index (χ3v) is 4.83. The number of fused-ring (bicyclic) bond motifs is 1. The van der Waals surface area contributed by atoms with Gasteiger partial charge in [0.2, 0.25) is 0 Å². The van der Waals surface area contributed by atoms with E-state index in [1.807, 2.05) is 29.3 Å². The van der Waals surface area contributed by atoms with Crippen LogP contribution in [0.4, 0.5) is 5.69 Å². The Bertz CT molecular complexity index is 838. The van der Waals surface area contributed by atoms with Gasteiger partial charge in [0.1, 0.15) is 23.9 Å². The molecule has 24 heavy (non-hydrogen) atoms. The van der Waals surface area contributed by atoms with E-state index in [2.05, 4.69) is 33.0 Å². The summed E-state index contributed by atoms with van der Waals surface area (Å²) in [7, 11) is 1.69. The van der Waals surface area contributed by atoms with Crippen molar-refractivity contribution in [1.82, 2.24) is 19.7 Å². The standard InChI is InChI=1S/C18H21N5O/c1-13-10-20-17-15(4-3-5-16(17)24-2)18(13)22-8-6-14(7-9-22)23-12-19-11-21-23/h3-5,10-12,14H,6-9H2,1-2H3. The summed E-state index contributed by atoms with van der Waals surface area (Å²) in [6.45, 7) is 4.13. The second-order valence-electron chi connectivity index (χ2n) is 6.24. The molecule has 6 nitrogen and oxygen atoms in total. The molecule has 0 bridgehead atoms. The molecule has 2 aromatic heterocycles. The van der Waals surface area contributed by atoms with Crippen molar-refractivity contribution in [3.8, 4) is 5.75 Å². The Hall–Kier alpha value is -2.63. The molecule has 1 saturated heterocycles. The van der Waals surface area contributed by atoms with E-state index in [1.165, 1.54) is 11.3 Å². The van der Waals surface area contributed by atoms with Crippen LogP contribution < -0.4 is 9.64 Å². The topological polar surface area (TPSA) is 56.1 Å². The van der Waals surface area contributed by atoms with E-state index in [4.69, 9.17) is 4.74 Å². The Morgan fingerprint density at radius 2 is 2.04 bits per heavy atom. The lowest BCUT2D eigenvalue weighted by Crippen LogP contribution is -2.35. The van der Waals surface area contributed by atoms with Crippen LogP contribution in [0.2, 0.25) is 0 Å². The van der Waals surface area contributed by atoms with Gasteiger partial charge in [-0.15, -0.1) is 0 Å². The molecule has 3 aromatic rings. The fourth-order valence-electron chi connectivity index (χ4n) is 3.63. The van der Waals surface area contributed by atoms with Gasteiger partial charge in [-0.05, 0) is 31.4 Å². The molecule has 0 aliphatic carbocycles. The second-order valence-corrected chi connectivity index (χ2v) is 6.24. The maximum atomic E-state index is 5.48. The van der Waals surface area contributed by atoms with E-state index in [-0.39, 0.29) is 0 Å². The third kappa shape index (κ3) is 2.48. The summed E-state index contributed by atoms with van der Waals surface area (Å²) in [5.41, 5.74) is 3.41. The average Bonchev–Trinajstić information content (AvgIpc) is 3.16. The average molecular weight is 323 g/mol. The van der Waals surface area contributed by atoms with Crippen molar-refractivity contribution in [2.24, 2.45) is 0 Å². The molecule has 0 saturated carbocycles. The molecule has 1 aliphatic rings. The molecule has 124 valence electrons. The van der Waals surface area contributed by atoms with Crippen molar-refractivity contribution >= 4 is 16.6 Å². The highest BCUT2D eigenvalue weighted by Gasteiger charge is 2.24. The quantitative estimate of drug-likeness (QED) is 0.741. The van der Waals surface area contributed by atoms with E-state index < -0.39 is 0 Å². The van der Waals surface area contributed by atoms with Gasteiger partial charge in [-0.3, -0.25) is 4.98 Å². The van der Waals surface area contributed by atoms with Crippen LogP contribution in [0.1, 0.15) is 24.4 Å². The molecule has 4 rings (SSSR count). The van der Waals surface area contributed by atoms with Gasteiger partial charge >= 0.3 is 0 Å². The van der Waals surface area contributed by atoms with Crippen molar-refractivity contribution in [2.45, 2.75) is 25.8 Å². The van der Waals surface area contributed by atoms with E-state index in [0.29, 0.717) is 6.04 Å². The van der Waals surface area contributed by atoms with Gasteiger partial charge in [-0.25, -0.2) is 9.67 Å². The van der Waals surface area contributed by atoms with Crippen LogP contribution in [0.3, 0.4) is 0 Å². The molecular formula is C18H21N5O. The van der Waals surface area contributed by atoms with E-state index in [1.54, 1.807) is 13.4 Å². The van der Waals surface area contributed by atoms with Crippen LogP contribution in [0, 0.1) is 6.92 Å². The normalized spacial score (nSPS) is 15.8. The molecule has 0 N–H and O–H groups in total. The predicted molar refractivity (Wildman–Crippen MR) is 93.5 cm³/mol. The number of methoxy groups -OCH3 is 1. The molecule has 0 spiro atoms. The molecule has 6 heteroatoms. The highest BCUT2D eigenvalue weighted by molar-refractivity contribution is 5.96. The monoisotopic (exact) mass is 323 g/mol. The van der Waals surface area contributed by atoms with Gasteiger partial charge in [-0.2, -0.15) is 5.10 Å². The summed E-state index contributed by atoms with van der Waals surface area (Å²) in [6.07, 6.45) is 7.51. The van der Waals surface area contributed by atoms with Crippen LogP contribution in [-0.2, 0) is 0 Å². The van der Waals surface area contributed by atoms with Gasteiger partial charge in [0.25, 0.3) is 0 Å². The first-order valence-electron chi connectivity index (χ1n) is 8.29. The molecule has 1 aromatic carbocycles. The first-order valence-corrected chi connectivity index (χ1v) is 8.29. The zero-order valence-corrected chi connectivity index (χ0v) is 14.0. The highest BCUT2D eigenvalue weighted by Crippen LogP contribution is 2.36. The molecule has 1 aliphatic heterocycles. The number of hydrogen-bond acceptors (Lipinski definition) is 5. The molecule has 0 atom stereocenters. The lowest BCUT2D eigenvalue weighted by molar-refractivity contribution is 0.366. The number of aromatic nitrogens is 4. The second kappa shape index (κ2) is 6.11. The summed E-state index contributed by atoms with van der Waals surface area (Å²) >= 11 is 0. The Kier molecular flexibility index (Phi) is 3.80. The fourth-order valence-corrected chi connectivity index (χ4v) is 3.63. The minimum absolute atomic E-state index is 0.437. The summed E-state index contributed by atoms with van der Waals surface area (Å²) in [6, 6.07) is 6.57. The Morgan fingerprint density at radius 3 is 2.75 bits per heavy atom. The Balaban J connectivity index is 1.66. The molecule has 0 amide bonds. The zero-order valence-electron chi connectivity index (χ0n) is 14.0. The van der Waals surface area contributed by atoms with Crippen LogP contribution >= 0.6 is 0 Å². The molecule has 3 heterocycles. The summed E-state index contributed by atoms with van der Waals surface area (Å²) in [5.74, 6) is 0.825. The van der Waals surface area contributed by atoms with Crippen molar-refractivity contribution in [3.05, 3.63) is 42.6 Å². The first kappa shape index (κ1) is 14.9. The van der Waals surface area contributed by atoms with Crippen molar-refractivity contribution in [3.63, 3.8) is 0 Å². The van der Waals surface area contributed by atoms with Crippen molar-refractivity contribution < 1.29 is 4.74 Å². The maximum absolute atomic E-state index is 5.48. The molecule has 1 fully saturated rings. The number of hydrogen-bond donors (Lipinski definition) is 0. The van der Waals surface area contributed by atoms with Gasteiger partial charge < -0.3 is 9.64 Å². The number of aryl methyl sites for hydroxylation is 1. The van der Waals surface area contributed by atoms with Gasteiger partial charge in [-0.1, -0.05) is 12.1 Å². The first-order chi connectivity index (χ1) is 11.8. The number of ether oxygens (including phenoxy) is 1. The van der Waals surface area contributed by atoms with E-state index in [9.17, 15) is 0 Å². The van der Waals surface area contributed by atoms with E-state index >= 15 is 0 Å². The zero-order chi connectivity index (χ0) is 16.5. The SMILES string of the molecule is COc1cccc2c(N3CCC(n4cncn4)CC3)c(C)cnc12. The molecule has 0 radical (unpaired) electrons. The number of para-hydroxylation sites is 1. The predicted octanol–water partition coefficient (Wildman–Crippen LogP) is 2.98. The number of nitrogens with zero attached hydrogens (tertiary/aromatic N) is 5. The fraction of sp³-hybridized carbons (Fsp3) is 0.389. The minimum Gasteiger partial charge on any atom is -0.494 e. The minimum atomic E-state index is 0.437. The summed E-state index contributed by atoms with van der Waals surface area (Å²) in [4.78, 5) is 11.1. The molecular weight excluding hydrogens is 302 g/mol. The van der Waals surface area contributed by atoms with Gasteiger partial charge in [0.15, 0.2) is 0 Å². The largest absolute Gasteiger partial charge is 0.494 e. The maximum Gasteiger partial charge on any atom is 0.145 e. The number of pyridine rings is 1. The highest BCUT2D eigenvalue weighted by atomic mass is 16.5. The number of benzene rings is 1. The Morgan fingerprint density at radius 1 is 1.21 bits per heavy atom. The van der Waals surface area contributed by atoms with Gasteiger partial charge in [0, 0.05) is 24.7 Å². The van der Waals surface area contributed by atoms with Crippen LogP contribution in [0.25, 0.3) is 10.9 Å². The molecule has 0 unspecified atom stereocenters. The number of anilines is 1. The van der Waals surface area contributed by atoms with E-state index in [0.717, 1.165) is 42.6 Å². The Labute approximate surface area is 141 Å². The lowest BCUT2D eigenvalue weighted by Gasteiger charge is -2.35. The van der Waals surface area contributed by atoms with Crippen molar-refractivity contribution in [1.29, 1.82) is 0 Å². The smallest absolute Gasteiger partial charge is 0.145 e. The number of rotatable bonds is 3. The lowest BCUT2D eigenvalue weighted by atomic mass is 10.0. The van der Waals surface area contributed by atoms with Crippen LogP contribution in [-0.4, -0.2) is 39.9 Å². The summed E-state index contributed by atoms with van der Waals surface area (Å²) in [5, 5.41) is 5.45. The number of piperidine rings is 1. The summed E-state index contributed by atoms with van der Waals surface area (Å²) < 4.78 is 7.46.